The SMILES string of the molecule is CC.CCCc1nc(-c2cc(N3CCN(C)CC3)nc(N)n2)[nH]c1C. The summed E-state index contributed by atoms with van der Waals surface area (Å²) in [6.45, 7) is 12.2. The van der Waals surface area contributed by atoms with Crippen molar-refractivity contribution in [3.63, 3.8) is 0 Å². The van der Waals surface area contributed by atoms with E-state index in [0.717, 1.165) is 67.7 Å². The smallest absolute Gasteiger partial charge is 0.222 e. The molecule has 0 aromatic carbocycles. The second-order valence-corrected chi connectivity index (χ2v) is 6.17. The van der Waals surface area contributed by atoms with E-state index in [1.807, 2.05) is 26.8 Å². The number of nitrogens with one attached hydrogen (secondary N) is 1. The average Bonchev–Trinajstić information content (AvgIpc) is 2.98. The van der Waals surface area contributed by atoms with Gasteiger partial charge in [-0.05, 0) is 20.4 Å². The van der Waals surface area contributed by atoms with Crippen molar-refractivity contribution in [1.82, 2.24) is 24.8 Å². The molecule has 1 aliphatic heterocycles. The largest absolute Gasteiger partial charge is 0.368 e. The van der Waals surface area contributed by atoms with Crippen LogP contribution in [0.25, 0.3) is 11.5 Å². The predicted molar refractivity (Wildman–Crippen MR) is 104 cm³/mol. The molecule has 1 saturated heterocycles. The first-order valence-corrected chi connectivity index (χ1v) is 9.20. The monoisotopic (exact) mass is 345 g/mol. The number of likely N-dealkylation sites (N-methyl/N-ethyl adjacent to an activating group) is 1. The number of aromatic amines is 1. The number of rotatable bonds is 4. The zero-order valence-electron chi connectivity index (χ0n) is 16.1. The minimum absolute atomic E-state index is 0.294. The lowest BCUT2D eigenvalue weighted by molar-refractivity contribution is 0.312. The lowest BCUT2D eigenvalue weighted by atomic mass is 10.2. The Morgan fingerprint density at radius 2 is 1.80 bits per heavy atom. The highest BCUT2D eigenvalue weighted by Crippen LogP contribution is 2.23. The van der Waals surface area contributed by atoms with E-state index in [9.17, 15) is 0 Å². The fraction of sp³-hybridized carbons (Fsp3) is 0.611. The van der Waals surface area contributed by atoms with Crippen LogP contribution in [0.2, 0.25) is 0 Å². The quantitative estimate of drug-likeness (QED) is 0.885. The molecule has 0 unspecified atom stereocenters. The average molecular weight is 345 g/mol. The number of nitrogen functional groups attached to an aromatic ring is 1. The molecular weight excluding hydrogens is 314 g/mol. The summed E-state index contributed by atoms with van der Waals surface area (Å²) in [6.07, 6.45) is 2.04. The van der Waals surface area contributed by atoms with Crippen molar-refractivity contribution in [2.45, 2.75) is 40.5 Å². The summed E-state index contributed by atoms with van der Waals surface area (Å²) in [5.74, 6) is 1.95. The molecule has 0 bridgehead atoms. The molecule has 3 N–H and O–H groups in total. The van der Waals surface area contributed by atoms with Crippen molar-refractivity contribution in [2.75, 3.05) is 43.9 Å². The highest BCUT2D eigenvalue weighted by molar-refractivity contribution is 5.59. The van der Waals surface area contributed by atoms with Gasteiger partial charge in [0.15, 0.2) is 5.82 Å². The second-order valence-electron chi connectivity index (χ2n) is 6.17. The van der Waals surface area contributed by atoms with Crippen molar-refractivity contribution in [3.05, 3.63) is 17.5 Å². The summed E-state index contributed by atoms with van der Waals surface area (Å²) >= 11 is 0. The topological polar surface area (TPSA) is 87.0 Å². The molecule has 0 atom stereocenters. The molecule has 2 aromatic rings. The van der Waals surface area contributed by atoms with Gasteiger partial charge in [-0.25, -0.2) is 9.97 Å². The maximum absolute atomic E-state index is 5.93. The van der Waals surface area contributed by atoms with Crippen molar-refractivity contribution in [3.8, 4) is 11.5 Å². The van der Waals surface area contributed by atoms with E-state index in [1.54, 1.807) is 0 Å². The molecule has 3 heterocycles. The van der Waals surface area contributed by atoms with Crippen molar-refractivity contribution in [2.24, 2.45) is 0 Å². The fourth-order valence-electron chi connectivity index (χ4n) is 2.87. The molecule has 0 saturated carbocycles. The maximum Gasteiger partial charge on any atom is 0.222 e. The van der Waals surface area contributed by atoms with Crippen LogP contribution in [0.15, 0.2) is 6.07 Å². The molecule has 1 aliphatic rings. The Bertz CT molecular complexity index is 672. The van der Waals surface area contributed by atoms with Gasteiger partial charge in [-0.15, -0.1) is 0 Å². The normalized spacial score (nSPS) is 15.0. The van der Waals surface area contributed by atoms with Gasteiger partial charge < -0.3 is 20.5 Å². The molecule has 7 nitrogen and oxygen atoms in total. The van der Waals surface area contributed by atoms with E-state index in [2.05, 4.69) is 43.7 Å². The van der Waals surface area contributed by atoms with E-state index in [1.165, 1.54) is 0 Å². The lowest BCUT2D eigenvalue weighted by Crippen LogP contribution is -2.44. The minimum Gasteiger partial charge on any atom is -0.368 e. The number of imidazole rings is 1. The Hall–Kier alpha value is -2.15. The van der Waals surface area contributed by atoms with Gasteiger partial charge in [-0.2, -0.15) is 4.98 Å². The van der Waals surface area contributed by atoms with Crippen LogP contribution >= 0.6 is 0 Å². The summed E-state index contributed by atoms with van der Waals surface area (Å²) in [4.78, 5) is 21.3. The molecule has 0 spiro atoms. The zero-order chi connectivity index (χ0) is 18.4. The van der Waals surface area contributed by atoms with E-state index in [-0.39, 0.29) is 0 Å². The molecule has 0 radical (unpaired) electrons. The number of hydrogen-bond acceptors (Lipinski definition) is 6. The highest BCUT2D eigenvalue weighted by atomic mass is 15.3. The van der Waals surface area contributed by atoms with Crippen LogP contribution in [0.3, 0.4) is 0 Å². The number of anilines is 2. The summed E-state index contributed by atoms with van der Waals surface area (Å²) in [5.41, 5.74) is 8.89. The number of nitrogens with zero attached hydrogens (tertiary/aromatic N) is 5. The van der Waals surface area contributed by atoms with Gasteiger partial charge in [0.1, 0.15) is 11.5 Å². The molecule has 25 heavy (non-hydrogen) atoms. The maximum atomic E-state index is 5.93. The standard InChI is InChI=1S/C16H25N7.C2H6/c1-4-5-12-11(2)18-15(19-12)13-10-14(21-16(17)20-13)23-8-6-22(3)7-9-23;1-2/h10H,4-9H2,1-3H3,(H,18,19)(H2,17,20,21);1-2H3. The number of H-pyrrole nitrogens is 1. The second kappa shape index (κ2) is 8.80. The van der Waals surface area contributed by atoms with Crippen LogP contribution in [0, 0.1) is 6.92 Å². The lowest BCUT2D eigenvalue weighted by Gasteiger charge is -2.33. The Kier molecular flexibility index (Phi) is 6.75. The van der Waals surface area contributed by atoms with E-state index in [0.29, 0.717) is 5.95 Å². The van der Waals surface area contributed by atoms with Crippen LogP contribution in [0.5, 0.6) is 0 Å². The highest BCUT2D eigenvalue weighted by Gasteiger charge is 2.18. The van der Waals surface area contributed by atoms with Crippen LogP contribution in [0.4, 0.5) is 11.8 Å². The van der Waals surface area contributed by atoms with Crippen LogP contribution in [-0.2, 0) is 6.42 Å². The first-order valence-electron chi connectivity index (χ1n) is 9.20. The first-order chi connectivity index (χ1) is 12.1. The van der Waals surface area contributed by atoms with Gasteiger partial charge in [0, 0.05) is 37.9 Å². The fourth-order valence-corrected chi connectivity index (χ4v) is 2.87. The van der Waals surface area contributed by atoms with E-state index in [4.69, 9.17) is 5.73 Å². The number of nitrogens with two attached hydrogens (primary N) is 1. The molecule has 0 amide bonds. The Balaban J connectivity index is 0.00000109. The van der Waals surface area contributed by atoms with Crippen LogP contribution in [0.1, 0.15) is 38.6 Å². The number of aryl methyl sites for hydroxylation is 2. The van der Waals surface area contributed by atoms with Gasteiger partial charge in [0.25, 0.3) is 0 Å². The third-order valence-corrected chi connectivity index (χ3v) is 4.27. The molecule has 3 rings (SSSR count). The molecule has 1 fully saturated rings. The van der Waals surface area contributed by atoms with E-state index < -0.39 is 0 Å². The van der Waals surface area contributed by atoms with E-state index >= 15 is 0 Å². The Morgan fingerprint density at radius 1 is 1.12 bits per heavy atom. The molecule has 2 aromatic heterocycles. The van der Waals surface area contributed by atoms with Crippen LogP contribution in [-0.4, -0.2) is 58.1 Å². The van der Waals surface area contributed by atoms with Gasteiger partial charge in [-0.3, -0.25) is 0 Å². The summed E-state index contributed by atoms with van der Waals surface area (Å²) in [7, 11) is 2.14. The predicted octanol–water partition coefficient (Wildman–Crippen LogP) is 2.49. The van der Waals surface area contributed by atoms with Gasteiger partial charge in [-0.1, -0.05) is 27.2 Å². The van der Waals surface area contributed by atoms with Crippen LogP contribution < -0.4 is 10.6 Å². The summed E-state index contributed by atoms with van der Waals surface area (Å²) in [5, 5.41) is 0. The Morgan fingerprint density at radius 3 is 2.44 bits per heavy atom. The molecule has 7 heteroatoms. The first kappa shape index (κ1) is 19.2. The van der Waals surface area contributed by atoms with Gasteiger partial charge >= 0.3 is 0 Å². The minimum atomic E-state index is 0.294. The van der Waals surface area contributed by atoms with Crippen molar-refractivity contribution >= 4 is 11.8 Å². The number of piperazine rings is 1. The third kappa shape index (κ3) is 4.69. The summed E-state index contributed by atoms with van der Waals surface area (Å²) < 4.78 is 0. The molecule has 0 aliphatic carbocycles. The number of hydrogen-bond donors (Lipinski definition) is 2. The molecule has 138 valence electrons. The number of aromatic nitrogens is 4. The molecular formula is C18H31N7. The third-order valence-electron chi connectivity index (χ3n) is 4.27. The summed E-state index contributed by atoms with van der Waals surface area (Å²) in [6, 6.07) is 1.98. The van der Waals surface area contributed by atoms with Crippen molar-refractivity contribution < 1.29 is 0 Å². The Labute approximate surface area is 150 Å². The van der Waals surface area contributed by atoms with Gasteiger partial charge in [0.05, 0.1) is 5.69 Å². The van der Waals surface area contributed by atoms with Gasteiger partial charge in [0.2, 0.25) is 5.95 Å². The van der Waals surface area contributed by atoms with Crippen molar-refractivity contribution in [1.29, 1.82) is 0 Å². The zero-order valence-corrected chi connectivity index (χ0v) is 16.1.